The van der Waals surface area contributed by atoms with Crippen LogP contribution in [0.25, 0.3) is 6.08 Å². The molecule has 0 bridgehead atoms. The summed E-state index contributed by atoms with van der Waals surface area (Å²) < 4.78 is 33.0. The van der Waals surface area contributed by atoms with Crippen LogP contribution in [-0.4, -0.2) is 38.8 Å². The molecule has 1 aliphatic rings. The number of nitrogens with two attached hydrogens (primary N) is 1. The molecule has 1 fully saturated rings. The summed E-state index contributed by atoms with van der Waals surface area (Å²) in [6.45, 7) is 0. The molecule has 11 heteroatoms. The second kappa shape index (κ2) is 7.78. The molecule has 0 spiro atoms. The standard InChI is InChI=1S/C18H17N3O6S2/c1-26-13-7-10(8-14(27-2)16(13)22)9-15-17(23)21(18(19)28-15)11-3-5-12(6-4-11)29(20,24)25/h3-9,19,22H,1-2H3,(H2,20,24,25)/b15-9-,19-18?. The number of methoxy groups -OCH3 is 2. The molecule has 0 radical (unpaired) electrons. The van der Waals surface area contributed by atoms with Crippen molar-refractivity contribution >= 4 is 44.6 Å². The number of primary sulfonamides is 1. The monoisotopic (exact) mass is 435 g/mol. The predicted octanol–water partition coefficient (Wildman–Crippen LogP) is 2.11. The van der Waals surface area contributed by atoms with Crippen molar-refractivity contribution in [3.8, 4) is 17.2 Å². The van der Waals surface area contributed by atoms with Gasteiger partial charge in [-0.25, -0.2) is 13.6 Å². The van der Waals surface area contributed by atoms with Crippen molar-refractivity contribution in [3.05, 3.63) is 46.9 Å². The Morgan fingerprint density at radius 2 is 1.69 bits per heavy atom. The van der Waals surface area contributed by atoms with Gasteiger partial charge in [0.2, 0.25) is 15.8 Å². The van der Waals surface area contributed by atoms with E-state index in [2.05, 4.69) is 0 Å². The van der Waals surface area contributed by atoms with Gasteiger partial charge in [0.15, 0.2) is 16.7 Å². The van der Waals surface area contributed by atoms with Crippen LogP contribution in [0.2, 0.25) is 0 Å². The summed E-state index contributed by atoms with van der Waals surface area (Å²) in [5.74, 6) is -0.254. The van der Waals surface area contributed by atoms with Gasteiger partial charge < -0.3 is 14.6 Å². The number of phenols is 1. The Morgan fingerprint density at radius 3 is 2.17 bits per heavy atom. The molecular formula is C18H17N3O6S2. The number of carbonyl (C=O) groups excluding carboxylic acids is 1. The fourth-order valence-electron chi connectivity index (χ4n) is 2.65. The summed E-state index contributed by atoms with van der Waals surface area (Å²) in [7, 11) is -1.07. The quantitative estimate of drug-likeness (QED) is 0.610. The number of benzene rings is 2. The number of nitrogens with zero attached hydrogens (tertiary/aromatic N) is 1. The summed E-state index contributed by atoms with van der Waals surface area (Å²) >= 11 is 0.946. The first kappa shape index (κ1) is 20.7. The van der Waals surface area contributed by atoms with Crippen LogP contribution in [0.1, 0.15) is 5.56 Å². The second-order valence-corrected chi connectivity index (χ2v) is 8.46. The Kier molecular flexibility index (Phi) is 5.55. The molecule has 152 valence electrons. The van der Waals surface area contributed by atoms with E-state index >= 15 is 0 Å². The zero-order chi connectivity index (χ0) is 21.3. The number of amides is 1. The van der Waals surface area contributed by atoms with E-state index in [9.17, 15) is 18.3 Å². The molecule has 1 aliphatic heterocycles. The van der Waals surface area contributed by atoms with Crippen molar-refractivity contribution in [3.63, 3.8) is 0 Å². The average molecular weight is 435 g/mol. The first-order valence-corrected chi connectivity index (χ1v) is 10.4. The Labute approximate surface area is 171 Å². The van der Waals surface area contributed by atoms with Crippen molar-refractivity contribution < 1.29 is 27.8 Å². The number of anilines is 1. The molecule has 3 rings (SSSR count). The maximum atomic E-state index is 12.8. The van der Waals surface area contributed by atoms with E-state index in [-0.39, 0.29) is 32.2 Å². The molecule has 0 aliphatic carbocycles. The normalized spacial score (nSPS) is 15.8. The lowest BCUT2D eigenvalue weighted by atomic mass is 10.1. The number of hydrogen-bond acceptors (Lipinski definition) is 8. The van der Waals surface area contributed by atoms with Crippen molar-refractivity contribution in [2.24, 2.45) is 5.14 Å². The van der Waals surface area contributed by atoms with E-state index < -0.39 is 15.9 Å². The summed E-state index contributed by atoms with van der Waals surface area (Å²) in [4.78, 5) is 14.1. The number of thioether (sulfide) groups is 1. The van der Waals surface area contributed by atoms with Crippen molar-refractivity contribution in [2.45, 2.75) is 4.90 Å². The molecule has 0 aromatic heterocycles. The molecular weight excluding hydrogens is 418 g/mol. The zero-order valence-electron chi connectivity index (χ0n) is 15.4. The molecule has 0 saturated carbocycles. The number of rotatable bonds is 5. The van der Waals surface area contributed by atoms with Crippen molar-refractivity contribution in [2.75, 3.05) is 19.1 Å². The van der Waals surface area contributed by atoms with Gasteiger partial charge in [-0.05, 0) is 59.8 Å². The Balaban J connectivity index is 1.95. The van der Waals surface area contributed by atoms with Gasteiger partial charge in [-0.1, -0.05) is 0 Å². The number of phenolic OH excluding ortho intramolecular Hbond substituents is 1. The first-order valence-electron chi connectivity index (χ1n) is 8.06. The van der Waals surface area contributed by atoms with Gasteiger partial charge >= 0.3 is 0 Å². The fourth-order valence-corrected chi connectivity index (χ4v) is 4.03. The van der Waals surface area contributed by atoms with Crippen LogP contribution in [0.4, 0.5) is 5.69 Å². The zero-order valence-corrected chi connectivity index (χ0v) is 17.0. The van der Waals surface area contributed by atoms with Crippen LogP contribution >= 0.6 is 11.8 Å². The molecule has 1 amide bonds. The second-order valence-electron chi connectivity index (χ2n) is 5.87. The highest BCUT2D eigenvalue weighted by molar-refractivity contribution is 8.19. The van der Waals surface area contributed by atoms with Gasteiger partial charge in [0, 0.05) is 0 Å². The van der Waals surface area contributed by atoms with Gasteiger partial charge in [0.05, 0.1) is 29.7 Å². The Bertz CT molecular complexity index is 1100. The topological polar surface area (TPSA) is 143 Å². The van der Waals surface area contributed by atoms with Crippen LogP contribution < -0.4 is 19.5 Å². The van der Waals surface area contributed by atoms with Crippen LogP contribution in [0.5, 0.6) is 17.2 Å². The number of nitrogens with one attached hydrogen (secondary N) is 1. The SMILES string of the molecule is COc1cc(/C=C2\SC(=N)N(c3ccc(S(N)(=O)=O)cc3)C2=O)cc(OC)c1O. The smallest absolute Gasteiger partial charge is 0.271 e. The molecule has 2 aromatic carbocycles. The van der Waals surface area contributed by atoms with Gasteiger partial charge in [0.25, 0.3) is 5.91 Å². The number of sulfonamides is 1. The summed E-state index contributed by atoms with van der Waals surface area (Å²) in [5, 5.41) is 23.2. The number of hydrogen-bond donors (Lipinski definition) is 3. The first-order chi connectivity index (χ1) is 13.7. The minimum atomic E-state index is -3.86. The van der Waals surface area contributed by atoms with Crippen molar-refractivity contribution in [1.29, 1.82) is 5.41 Å². The van der Waals surface area contributed by atoms with Gasteiger partial charge in [-0.15, -0.1) is 0 Å². The minimum absolute atomic E-state index is 0.0395. The molecule has 2 aromatic rings. The van der Waals surface area contributed by atoms with E-state index in [0.29, 0.717) is 11.3 Å². The van der Waals surface area contributed by atoms with Crippen LogP contribution in [0, 0.1) is 5.41 Å². The molecule has 4 N–H and O–H groups in total. The summed E-state index contributed by atoms with van der Waals surface area (Å²) in [6.07, 6.45) is 1.55. The van der Waals surface area contributed by atoms with Crippen LogP contribution in [-0.2, 0) is 14.8 Å². The molecule has 0 unspecified atom stereocenters. The minimum Gasteiger partial charge on any atom is -0.502 e. The third-order valence-electron chi connectivity index (χ3n) is 4.05. The van der Waals surface area contributed by atoms with Crippen molar-refractivity contribution in [1.82, 2.24) is 0 Å². The van der Waals surface area contributed by atoms with E-state index in [4.69, 9.17) is 20.0 Å². The maximum absolute atomic E-state index is 12.8. The lowest BCUT2D eigenvalue weighted by molar-refractivity contribution is -0.113. The largest absolute Gasteiger partial charge is 0.502 e. The highest BCUT2D eigenvalue weighted by Crippen LogP contribution is 2.40. The Morgan fingerprint density at radius 1 is 1.14 bits per heavy atom. The van der Waals surface area contributed by atoms with Gasteiger partial charge in [-0.2, -0.15) is 0 Å². The third kappa shape index (κ3) is 4.06. The lowest BCUT2D eigenvalue weighted by Gasteiger charge is -2.14. The number of carbonyl (C=O) groups is 1. The van der Waals surface area contributed by atoms with E-state index in [1.165, 1.54) is 50.6 Å². The van der Waals surface area contributed by atoms with Crippen LogP contribution in [0.3, 0.4) is 0 Å². The fraction of sp³-hybridized carbons (Fsp3) is 0.111. The average Bonchev–Trinajstić information content (AvgIpc) is 2.95. The molecule has 29 heavy (non-hydrogen) atoms. The molecule has 9 nitrogen and oxygen atoms in total. The lowest BCUT2D eigenvalue weighted by Crippen LogP contribution is -2.28. The van der Waals surface area contributed by atoms with Gasteiger partial charge in [0.1, 0.15) is 0 Å². The van der Waals surface area contributed by atoms with E-state index in [0.717, 1.165) is 16.7 Å². The summed E-state index contributed by atoms with van der Waals surface area (Å²) in [5.41, 5.74) is 0.871. The predicted molar refractivity (Wildman–Crippen MR) is 110 cm³/mol. The number of aromatic hydroxyl groups is 1. The molecule has 0 atom stereocenters. The maximum Gasteiger partial charge on any atom is 0.271 e. The third-order valence-corrected chi connectivity index (χ3v) is 5.86. The highest BCUT2D eigenvalue weighted by Gasteiger charge is 2.33. The highest BCUT2D eigenvalue weighted by atomic mass is 32.2. The number of ether oxygens (including phenoxy) is 2. The number of amidine groups is 1. The molecule has 1 heterocycles. The van der Waals surface area contributed by atoms with E-state index in [1.54, 1.807) is 6.08 Å². The van der Waals surface area contributed by atoms with E-state index in [1.807, 2.05) is 0 Å². The van der Waals surface area contributed by atoms with Gasteiger partial charge in [-0.3, -0.25) is 15.1 Å². The Hall–Kier alpha value is -3.02. The summed E-state index contributed by atoms with van der Waals surface area (Å²) in [6, 6.07) is 8.42. The molecule has 1 saturated heterocycles. The van der Waals surface area contributed by atoms with Crippen LogP contribution in [0.15, 0.2) is 46.2 Å².